The van der Waals surface area contributed by atoms with Crippen LogP contribution >= 0.6 is 0 Å². The van der Waals surface area contributed by atoms with Crippen molar-refractivity contribution in [2.45, 2.75) is 39.2 Å². The van der Waals surface area contributed by atoms with E-state index in [1.54, 1.807) is 0 Å². The molecular formula is C15H21N3. The first-order chi connectivity index (χ1) is 8.76. The minimum Gasteiger partial charge on any atom is -0.323 e. The van der Waals surface area contributed by atoms with Crippen molar-refractivity contribution in [3.05, 3.63) is 48.0 Å². The molecule has 2 aromatic rings. The zero-order valence-electron chi connectivity index (χ0n) is 11.1. The molecule has 0 saturated carbocycles. The number of aromatic nitrogens is 2. The van der Waals surface area contributed by atoms with Gasteiger partial charge in [0, 0.05) is 11.7 Å². The second-order valence-corrected chi connectivity index (χ2v) is 4.62. The molecule has 1 atom stereocenters. The summed E-state index contributed by atoms with van der Waals surface area (Å²) in [7, 11) is 0. The number of nitrogens with two attached hydrogens (primary N) is 1. The lowest BCUT2D eigenvalue weighted by molar-refractivity contribution is 0.659. The van der Waals surface area contributed by atoms with E-state index in [1.165, 1.54) is 12.0 Å². The molecule has 0 aliphatic carbocycles. The molecule has 1 aromatic carbocycles. The molecule has 18 heavy (non-hydrogen) atoms. The molecule has 0 radical (unpaired) electrons. The zero-order valence-corrected chi connectivity index (χ0v) is 11.1. The summed E-state index contributed by atoms with van der Waals surface area (Å²) in [5.74, 6) is 0. The highest BCUT2D eigenvalue weighted by molar-refractivity contribution is 5.36. The maximum Gasteiger partial charge on any atom is 0.0994 e. The van der Waals surface area contributed by atoms with E-state index in [2.05, 4.69) is 47.7 Å². The van der Waals surface area contributed by atoms with Crippen molar-refractivity contribution in [3.63, 3.8) is 0 Å². The topological polar surface area (TPSA) is 43.8 Å². The number of nitrogens with zero attached hydrogens (tertiary/aromatic N) is 2. The van der Waals surface area contributed by atoms with Crippen molar-refractivity contribution in [2.24, 2.45) is 5.73 Å². The van der Waals surface area contributed by atoms with Gasteiger partial charge < -0.3 is 10.3 Å². The minimum absolute atomic E-state index is 0.0443. The molecule has 3 heteroatoms. The van der Waals surface area contributed by atoms with Gasteiger partial charge in [-0.3, -0.25) is 0 Å². The molecule has 1 heterocycles. The van der Waals surface area contributed by atoms with E-state index in [4.69, 9.17) is 5.73 Å². The summed E-state index contributed by atoms with van der Waals surface area (Å²) in [6.07, 6.45) is 6.91. The summed E-state index contributed by atoms with van der Waals surface area (Å²) in [6, 6.07) is 8.68. The van der Waals surface area contributed by atoms with Crippen LogP contribution in [0.2, 0.25) is 0 Å². The molecule has 0 amide bonds. The Kier molecular flexibility index (Phi) is 4.15. The third-order valence-electron chi connectivity index (χ3n) is 3.24. The van der Waals surface area contributed by atoms with E-state index in [1.807, 2.05) is 12.5 Å². The Hall–Kier alpha value is -1.61. The van der Waals surface area contributed by atoms with Gasteiger partial charge in [-0.05, 0) is 30.5 Å². The van der Waals surface area contributed by atoms with Crippen LogP contribution in [0.15, 0.2) is 36.8 Å². The summed E-state index contributed by atoms with van der Waals surface area (Å²) in [6.45, 7) is 4.29. The lowest BCUT2D eigenvalue weighted by Crippen LogP contribution is -2.13. The molecule has 0 fully saturated rings. The minimum atomic E-state index is 0.0443. The first-order valence-corrected chi connectivity index (χ1v) is 6.63. The van der Waals surface area contributed by atoms with Crippen LogP contribution in [0, 0.1) is 0 Å². The van der Waals surface area contributed by atoms with Crippen LogP contribution in [0.4, 0.5) is 0 Å². The van der Waals surface area contributed by atoms with Crippen molar-refractivity contribution >= 4 is 0 Å². The van der Waals surface area contributed by atoms with Crippen LogP contribution in [-0.2, 0) is 6.42 Å². The highest BCUT2D eigenvalue weighted by Crippen LogP contribution is 2.19. The Morgan fingerprint density at radius 1 is 1.22 bits per heavy atom. The average molecular weight is 243 g/mol. The summed E-state index contributed by atoms with van der Waals surface area (Å²) in [5, 5.41) is 0. The first-order valence-electron chi connectivity index (χ1n) is 6.63. The van der Waals surface area contributed by atoms with E-state index < -0.39 is 0 Å². The van der Waals surface area contributed by atoms with Gasteiger partial charge in [-0.25, -0.2) is 4.98 Å². The Balaban J connectivity index is 2.28. The van der Waals surface area contributed by atoms with E-state index in [0.29, 0.717) is 0 Å². The summed E-state index contributed by atoms with van der Waals surface area (Å²) >= 11 is 0. The van der Waals surface area contributed by atoms with Crippen LogP contribution in [-0.4, -0.2) is 9.55 Å². The molecule has 2 rings (SSSR count). The fourth-order valence-corrected chi connectivity index (χ4v) is 2.12. The summed E-state index contributed by atoms with van der Waals surface area (Å²) < 4.78 is 2.07. The number of imidazole rings is 1. The van der Waals surface area contributed by atoms with Crippen molar-refractivity contribution < 1.29 is 0 Å². The van der Waals surface area contributed by atoms with Crippen LogP contribution in [0.3, 0.4) is 0 Å². The number of hydrogen-bond donors (Lipinski definition) is 1. The molecule has 0 aliphatic rings. The lowest BCUT2D eigenvalue weighted by Gasteiger charge is -2.13. The second-order valence-electron chi connectivity index (χ2n) is 4.62. The Labute approximate surface area is 109 Å². The SMILES string of the molecule is CCCc1ccc(-n2cncc2[C@H](N)CC)cc1. The molecule has 2 N–H and O–H groups in total. The first kappa shape index (κ1) is 12.8. The quantitative estimate of drug-likeness (QED) is 0.876. The molecule has 0 bridgehead atoms. The van der Waals surface area contributed by atoms with Crippen molar-refractivity contribution in [1.82, 2.24) is 9.55 Å². The average Bonchev–Trinajstić information content (AvgIpc) is 2.88. The molecule has 0 spiro atoms. The molecule has 0 aliphatic heterocycles. The van der Waals surface area contributed by atoms with Crippen molar-refractivity contribution in [3.8, 4) is 5.69 Å². The van der Waals surface area contributed by atoms with E-state index in [0.717, 1.165) is 24.2 Å². The van der Waals surface area contributed by atoms with E-state index in [9.17, 15) is 0 Å². The fourth-order valence-electron chi connectivity index (χ4n) is 2.12. The van der Waals surface area contributed by atoms with Gasteiger partial charge in [0.2, 0.25) is 0 Å². The molecule has 3 nitrogen and oxygen atoms in total. The third-order valence-corrected chi connectivity index (χ3v) is 3.24. The third kappa shape index (κ3) is 2.62. The van der Waals surface area contributed by atoms with Gasteiger partial charge in [-0.2, -0.15) is 0 Å². The normalized spacial score (nSPS) is 12.6. The number of benzene rings is 1. The fraction of sp³-hybridized carbons (Fsp3) is 0.400. The maximum atomic E-state index is 6.09. The predicted molar refractivity (Wildman–Crippen MR) is 74.8 cm³/mol. The number of rotatable bonds is 5. The van der Waals surface area contributed by atoms with Crippen LogP contribution in [0.5, 0.6) is 0 Å². The molecule has 1 aromatic heterocycles. The molecule has 0 unspecified atom stereocenters. The Morgan fingerprint density at radius 3 is 2.56 bits per heavy atom. The molecule has 96 valence electrons. The van der Waals surface area contributed by atoms with Crippen molar-refractivity contribution in [1.29, 1.82) is 0 Å². The highest BCUT2D eigenvalue weighted by Gasteiger charge is 2.10. The van der Waals surface area contributed by atoms with E-state index >= 15 is 0 Å². The zero-order chi connectivity index (χ0) is 13.0. The summed E-state index contributed by atoms with van der Waals surface area (Å²) in [4.78, 5) is 4.21. The van der Waals surface area contributed by atoms with Gasteiger partial charge >= 0.3 is 0 Å². The summed E-state index contributed by atoms with van der Waals surface area (Å²) in [5.41, 5.74) is 9.67. The van der Waals surface area contributed by atoms with Crippen LogP contribution in [0.25, 0.3) is 5.69 Å². The largest absolute Gasteiger partial charge is 0.323 e. The van der Waals surface area contributed by atoms with Crippen molar-refractivity contribution in [2.75, 3.05) is 0 Å². The standard InChI is InChI=1S/C15H21N3/c1-3-5-12-6-8-13(9-7-12)18-11-17-10-15(18)14(16)4-2/h6-11,14H,3-5,16H2,1-2H3/t14-/m1/s1. The van der Waals surface area contributed by atoms with E-state index in [-0.39, 0.29) is 6.04 Å². The van der Waals surface area contributed by atoms with Gasteiger partial charge in [0.1, 0.15) is 0 Å². The van der Waals surface area contributed by atoms with Gasteiger partial charge in [0.15, 0.2) is 0 Å². The number of aryl methyl sites for hydroxylation is 1. The number of hydrogen-bond acceptors (Lipinski definition) is 2. The monoisotopic (exact) mass is 243 g/mol. The van der Waals surface area contributed by atoms with Gasteiger partial charge in [0.05, 0.1) is 18.2 Å². The Morgan fingerprint density at radius 2 is 1.94 bits per heavy atom. The molecular weight excluding hydrogens is 222 g/mol. The smallest absolute Gasteiger partial charge is 0.0994 e. The van der Waals surface area contributed by atoms with Gasteiger partial charge in [0.25, 0.3) is 0 Å². The highest BCUT2D eigenvalue weighted by atomic mass is 15.1. The second kappa shape index (κ2) is 5.83. The van der Waals surface area contributed by atoms with Gasteiger partial charge in [-0.15, -0.1) is 0 Å². The van der Waals surface area contributed by atoms with Crippen LogP contribution in [0.1, 0.15) is 44.0 Å². The lowest BCUT2D eigenvalue weighted by atomic mass is 10.1. The van der Waals surface area contributed by atoms with Crippen LogP contribution < -0.4 is 5.73 Å². The van der Waals surface area contributed by atoms with Gasteiger partial charge in [-0.1, -0.05) is 32.4 Å². The molecule has 0 saturated heterocycles. The predicted octanol–water partition coefficient (Wildman–Crippen LogP) is 3.23. The maximum absolute atomic E-state index is 6.09. The Bertz CT molecular complexity index is 485.